The molecule has 0 spiro atoms. The Morgan fingerprint density at radius 3 is 0.966 bits per heavy atom. The molecular weight excluding hydrogens is 1110 g/mol. The number of phosphoric acid groups is 1. The van der Waals surface area contributed by atoms with Crippen molar-refractivity contribution >= 4 is 19.8 Å². The van der Waals surface area contributed by atoms with Gasteiger partial charge in [0.1, 0.15) is 19.8 Å². The van der Waals surface area contributed by atoms with Crippen molar-refractivity contribution in [3.63, 3.8) is 0 Å². The molecule has 0 amide bonds. The van der Waals surface area contributed by atoms with Crippen LogP contribution in [0.3, 0.4) is 0 Å². The average Bonchev–Trinajstić information content (AvgIpc) is 3.56. The molecule has 88 heavy (non-hydrogen) atoms. The van der Waals surface area contributed by atoms with Crippen LogP contribution in [0.4, 0.5) is 0 Å². The second-order valence-electron chi connectivity index (χ2n) is 25.6. The van der Waals surface area contributed by atoms with Crippen molar-refractivity contribution in [1.29, 1.82) is 0 Å². The molecule has 10 heteroatoms. The first-order chi connectivity index (χ1) is 43.0. The Labute approximate surface area is 544 Å². The van der Waals surface area contributed by atoms with Gasteiger partial charge in [-0.25, -0.2) is 4.57 Å². The van der Waals surface area contributed by atoms with E-state index in [-0.39, 0.29) is 32.0 Å². The lowest BCUT2D eigenvalue weighted by Crippen LogP contribution is -2.37. The number of hydrogen-bond donors (Lipinski definition) is 1. The Balaban J connectivity index is 4.03. The second-order valence-corrected chi connectivity index (χ2v) is 27.0. The molecule has 0 radical (unpaired) electrons. The maximum atomic E-state index is 12.9. The van der Waals surface area contributed by atoms with Gasteiger partial charge in [0.15, 0.2) is 6.10 Å². The lowest BCUT2D eigenvalue weighted by Gasteiger charge is -2.24. The fraction of sp³-hybridized carbons (Fsp3) is 0.744. The standard InChI is InChI=1S/C78H138NO8P/c1-6-8-10-12-14-16-18-20-22-24-26-28-30-32-34-36-38-39-41-43-45-47-49-51-53-55-57-59-61-63-65-67-69-71-78(81)87-76(75-86-88(82,83)85-73-72-79(3,4)5)74-84-77(80)70-68-66-64-62-60-58-56-54-52-50-48-46-44-42-40-37-35-33-31-29-27-25-23-21-19-17-15-13-11-9-7-2/h8,10,14,16,19-22,25-28,31-34,38-39,76H,6-7,9,11-13,15,17-18,23-24,29-30,35-37,40-75H2,1-5H3/p+1/b10-8-,16-14-,21-19-,22-20-,27-25-,28-26-,33-31-,34-32-,39-38-. The van der Waals surface area contributed by atoms with Gasteiger partial charge in [-0.05, 0) is 103 Å². The number of hydrogen-bond acceptors (Lipinski definition) is 7. The number of likely N-dealkylation sites (N-methyl/N-ethyl adjacent to an activating group) is 1. The van der Waals surface area contributed by atoms with Crippen molar-refractivity contribution in [2.75, 3.05) is 47.5 Å². The molecule has 0 aromatic rings. The molecular formula is C78H139NO8P+. The zero-order chi connectivity index (χ0) is 64.1. The summed E-state index contributed by atoms with van der Waals surface area (Å²) in [6, 6.07) is 0. The first-order valence-corrected chi connectivity index (χ1v) is 38.1. The highest BCUT2D eigenvalue weighted by molar-refractivity contribution is 7.47. The lowest BCUT2D eigenvalue weighted by molar-refractivity contribution is -0.870. The van der Waals surface area contributed by atoms with Crippen LogP contribution in [0, 0.1) is 0 Å². The van der Waals surface area contributed by atoms with E-state index >= 15 is 0 Å². The van der Waals surface area contributed by atoms with Gasteiger partial charge in [-0.15, -0.1) is 0 Å². The summed E-state index contributed by atoms with van der Waals surface area (Å²) in [5, 5.41) is 0. The molecule has 0 bridgehead atoms. The lowest BCUT2D eigenvalue weighted by atomic mass is 10.0. The van der Waals surface area contributed by atoms with Crippen molar-refractivity contribution in [3.8, 4) is 0 Å². The highest BCUT2D eigenvalue weighted by Gasteiger charge is 2.27. The van der Waals surface area contributed by atoms with E-state index in [4.69, 9.17) is 18.5 Å². The summed E-state index contributed by atoms with van der Waals surface area (Å²) < 4.78 is 34.8. The Kier molecular flexibility index (Phi) is 65.5. The van der Waals surface area contributed by atoms with E-state index in [0.29, 0.717) is 17.4 Å². The van der Waals surface area contributed by atoms with Crippen LogP contribution in [0.15, 0.2) is 109 Å². The maximum Gasteiger partial charge on any atom is 0.472 e. The van der Waals surface area contributed by atoms with Crippen LogP contribution in [0.5, 0.6) is 0 Å². The van der Waals surface area contributed by atoms with Crippen molar-refractivity contribution < 1.29 is 42.1 Å². The fourth-order valence-corrected chi connectivity index (χ4v) is 10.9. The van der Waals surface area contributed by atoms with E-state index in [1.165, 1.54) is 199 Å². The monoisotopic (exact) mass is 1250 g/mol. The van der Waals surface area contributed by atoms with Crippen molar-refractivity contribution in [1.82, 2.24) is 0 Å². The number of unbranched alkanes of at least 4 members (excludes halogenated alkanes) is 35. The van der Waals surface area contributed by atoms with Gasteiger partial charge in [-0.3, -0.25) is 18.6 Å². The third-order valence-electron chi connectivity index (χ3n) is 15.8. The topological polar surface area (TPSA) is 108 Å². The number of phosphoric ester groups is 1. The third kappa shape index (κ3) is 71.7. The van der Waals surface area contributed by atoms with E-state index in [0.717, 1.165) is 89.9 Å². The van der Waals surface area contributed by atoms with E-state index in [1.807, 2.05) is 21.1 Å². The van der Waals surface area contributed by atoms with Gasteiger partial charge in [0.05, 0.1) is 27.7 Å². The van der Waals surface area contributed by atoms with Crippen LogP contribution in [-0.4, -0.2) is 74.9 Å². The number of quaternary nitrogens is 1. The van der Waals surface area contributed by atoms with Crippen LogP contribution in [0.25, 0.3) is 0 Å². The summed E-state index contributed by atoms with van der Waals surface area (Å²) in [6.07, 6.45) is 96.2. The quantitative estimate of drug-likeness (QED) is 0.0211. The third-order valence-corrected chi connectivity index (χ3v) is 16.8. The van der Waals surface area contributed by atoms with E-state index in [1.54, 1.807) is 0 Å². The zero-order valence-electron chi connectivity index (χ0n) is 57.9. The summed E-state index contributed by atoms with van der Waals surface area (Å²) in [7, 11) is 1.48. The molecule has 2 atom stereocenters. The Hall–Kier alpha value is -3.33. The Morgan fingerprint density at radius 1 is 0.364 bits per heavy atom. The normalized spacial score (nSPS) is 13.8. The van der Waals surface area contributed by atoms with Gasteiger partial charge in [-0.1, -0.05) is 316 Å². The number of esters is 2. The van der Waals surface area contributed by atoms with Gasteiger partial charge in [-0.2, -0.15) is 0 Å². The highest BCUT2D eigenvalue weighted by Crippen LogP contribution is 2.43. The summed E-state index contributed by atoms with van der Waals surface area (Å²) in [4.78, 5) is 35.9. The molecule has 0 aliphatic heterocycles. The number of nitrogens with zero attached hydrogens (tertiary/aromatic N) is 1. The number of ether oxygens (including phenoxy) is 2. The maximum absolute atomic E-state index is 12.9. The predicted molar refractivity (Wildman–Crippen MR) is 381 cm³/mol. The summed E-state index contributed by atoms with van der Waals surface area (Å²) in [6.45, 7) is 4.34. The molecule has 0 saturated carbocycles. The van der Waals surface area contributed by atoms with Gasteiger partial charge in [0.25, 0.3) is 0 Å². The van der Waals surface area contributed by atoms with Gasteiger partial charge < -0.3 is 18.9 Å². The van der Waals surface area contributed by atoms with Crippen LogP contribution in [0.2, 0.25) is 0 Å². The van der Waals surface area contributed by atoms with Gasteiger partial charge >= 0.3 is 19.8 Å². The first kappa shape index (κ1) is 84.7. The zero-order valence-corrected chi connectivity index (χ0v) is 58.8. The minimum atomic E-state index is -4.40. The SMILES string of the molecule is CC/C=C\C/C=C\C/C=C\C/C=C\C/C=C\C/C=C\CCCCCCCCCCCCCCCCC(=O)OC(COC(=O)CCCCCCCCCCCCCCCCCC/C=C\C/C=C\C/C=C\CCCCCCC)COP(=O)(O)OCC[N+](C)(C)C. The number of rotatable bonds is 67. The first-order valence-electron chi connectivity index (χ1n) is 36.6. The van der Waals surface area contributed by atoms with Crippen molar-refractivity contribution in [3.05, 3.63) is 109 Å². The van der Waals surface area contributed by atoms with E-state index in [9.17, 15) is 19.0 Å². The molecule has 1 N–H and O–H groups in total. The smallest absolute Gasteiger partial charge is 0.462 e. The minimum Gasteiger partial charge on any atom is -0.462 e. The molecule has 0 saturated heterocycles. The molecule has 508 valence electrons. The highest BCUT2D eigenvalue weighted by atomic mass is 31.2. The Morgan fingerprint density at radius 2 is 0.648 bits per heavy atom. The van der Waals surface area contributed by atoms with E-state index < -0.39 is 26.5 Å². The number of carbonyl (C=O) groups is 2. The molecule has 0 aliphatic rings. The van der Waals surface area contributed by atoms with Crippen LogP contribution >= 0.6 is 7.82 Å². The van der Waals surface area contributed by atoms with Crippen LogP contribution in [-0.2, 0) is 32.7 Å². The van der Waals surface area contributed by atoms with Gasteiger partial charge in [0.2, 0.25) is 0 Å². The molecule has 0 aromatic heterocycles. The van der Waals surface area contributed by atoms with Crippen molar-refractivity contribution in [2.24, 2.45) is 0 Å². The van der Waals surface area contributed by atoms with E-state index in [2.05, 4.69) is 123 Å². The molecule has 0 aliphatic carbocycles. The minimum absolute atomic E-state index is 0.0288. The predicted octanol–water partition coefficient (Wildman–Crippen LogP) is 24.1. The number of allylic oxidation sites excluding steroid dienone is 18. The number of carbonyl (C=O) groups excluding carboxylic acids is 2. The van der Waals surface area contributed by atoms with Crippen LogP contribution in [0.1, 0.15) is 322 Å². The second kappa shape index (κ2) is 68.0. The molecule has 0 aromatic carbocycles. The molecule has 0 heterocycles. The summed E-state index contributed by atoms with van der Waals surface area (Å²) in [5.74, 6) is -0.791. The fourth-order valence-electron chi connectivity index (χ4n) is 10.2. The molecule has 0 fully saturated rings. The van der Waals surface area contributed by atoms with Crippen LogP contribution < -0.4 is 0 Å². The molecule has 9 nitrogen and oxygen atoms in total. The average molecular weight is 1250 g/mol. The summed E-state index contributed by atoms with van der Waals surface area (Å²) >= 11 is 0. The van der Waals surface area contributed by atoms with Crippen molar-refractivity contribution in [2.45, 2.75) is 328 Å². The molecule has 2 unspecified atom stereocenters. The molecule has 0 rings (SSSR count). The Bertz CT molecular complexity index is 1850. The summed E-state index contributed by atoms with van der Waals surface area (Å²) in [5.41, 5.74) is 0. The van der Waals surface area contributed by atoms with Gasteiger partial charge in [0, 0.05) is 12.8 Å². The largest absolute Gasteiger partial charge is 0.472 e.